The van der Waals surface area contributed by atoms with Gasteiger partial charge in [0.05, 0.1) is 0 Å². The molecule has 0 N–H and O–H groups in total. The van der Waals surface area contributed by atoms with Crippen LogP contribution in [-0.2, 0) is 4.43 Å². The van der Waals surface area contributed by atoms with E-state index in [9.17, 15) is 0 Å². The fourth-order valence-corrected chi connectivity index (χ4v) is 4.54. The van der Waals surface area contributed by atoms with Crippen LogP contribution in [0.25, 0.3) is 0 Å². The third-order valence-corrected chi connectivity index (χ3v) is 3.92. The molecule has 0 aromatic heterocycles. The van der Waals surface area contributed by atoms with Crippen molar-refractivity contribution in [1.82, 2.24) is 0 Å². The van der Waals surface area contributed by atoms with E-state index in [1.54, 1.807) is 0 Å². The fourth-order valence-electron chi connectivity index (χ4n) is 0.901. The van der Waals surface area contributed by atoms with E-state index in [4.69, 9.17) is 4.43 Å². The van der Waals surface area contributed by atoms with Crippen LogP contribution in [0.15, 0.2) is 0 Å². The van der Waals surface area contributed by atoms with Crippen molar-refractivity contribution in [3.8, 4) is 0 Å². The molecule has 0 unspecified atom stereocenters. The van der Waals surface area contributed by atoms with E-state index in [0.717, 1.165) is 16.7 Å². The average molecular weight is 176 g/mol. The smallest absolute Gasteiger partial charge is 0.183 e. The summed E-state index contributed by atoms with van der Waals surface area (Å²) < 4.78 is 5.97. The quantitative estimate of drug-likeness (QED) is 0.590. The largest absolute Gasteiger partial charge is 0.416 e. The van der Waals surface area contributed by atoms with Crippen molar-refractivity contribution in [3.05, 3.63) is 0 Å². The molecule has 0 amide bonds. The van der Waals surface area contributed by atoms with Crippen LogP contribution in [-0.4, -0.2) is 23.8 Å². The minimum absolute atomic E-state index is 0.227. The summed E-state index contributed by atoms with van der Waals surface area (Å²) in [5.74, 6) is 0. The zero-order valence-electron chi connectivity index (χ0n) is 8.12. The van der Waals surface area contributed by atoms with Gasteiger partial charge >= 0.3 is 0 Å². The van der Waals surface area contributed by atoms with E-state index in [1.807, 2.05) is 0 Å². The van der Waals surface area contributed by atoms with E-state index in [2.05, 4.69) is 33.5 Å². The van der Waals surface area contributed by atoms with Crippen molar-refractivity contribution in [2.24, 2.45) is 0 Å². The third-order valence-electron chi connectivity index (χ3n) is 1.43. The third kappa shape index (κ3) is 5.20. The average Bonchev–Trinajstić information content (AvgIpc) is 1.60. The first-order valence-electron chi connectivity index (χ1n) is 3.97. The molecule has 0 aliphatic heterocycles. The van der Waals surface area contributed by atoms with Gasteiger partial charge in [0.15, 0.2) is 8.32 Å². The molecule has 1 nitrogen and oxygen atoms in total. The van der Waals surface area contributed by atoms with E-state index < -0.39 is 8.32 Å². The van der Waals surface area contributed by atoms with E-state index in [-0.39, 0.29) is 5.22 Å². The van der Waals surface area contributed by atoms with Crippen LogP contribution in [0.1, 0.15) is 20.3 Å². The molecule has 0 radical (unpaired) electrons. The van der Waals surface area contributed by atoms with Crippen molar-refractivity contribution in [2.45, 2.75) is 45.1 Å². The first-order chi connectivity index (χ1) is 4.27. The molecule has 0 heterocycles. The second-order valence-corrected chi connectivity index (χ2v) is 10.9. The van der Waals surface area contributed by atoms with Gasteiger partial charge in [0.2, 0.25) is 0 Å². The Hall–Kier alpha value is 0.394. The Morgan fingerprint density at radius 2 is 1.80 bits per heavy atom. The predicted octanol–water partition coefficient (Wildman–Crippen LogP) is 1.33. The Morgan fingerprint density at radius 1 is 1.40 bits per heavy atom. The van der Waals surface area contributed by atoms with Crippen LogP contribution in [0, 0.1) is 0 Å². The van der Waals surface area contributed by atoms with E-state index in [1.165, 1.54) is 0 Å². The summed E-state index contributed by atoms with van der Waals surface area (Å²) in [5, 5.41) is 0.227. The standard InChI is InChI=1S/C7H20OSi2/c1-6-7(2,9)8-10(3,4)5/h6H2,1-5,9H3/t7-/m0/s1. The maximum atomic E-state index is 5.97. The topological polar surface area (TPSA) is 9.23 Å². The highest BCUT2D eigenvalue weighted by atomic mass is 28.4. The molecular weight excluding hydrogens is 156 g/mol. The van der Waals surface area contributed by atoms with Crippen LogP contribution in [0.2, 0.25) is 19.6 Å². The van der Waals surface area contributed by atoms with Gasteiger partial charge in [-0.15, -0.1) is 0 Å². The summed E-state index contributed by atoms with van der Waals surface area (Å²) >= 11 is 0. The molecule has 0 aromatic rings. The molecule has 3 heteroatoms. The lowest BCUT2D eigenvalue weighted by Crippen LogP contribution is -2.40. The van der Waals surface area contributed by atoms with Crippen molar-refractivity contribution >= 4 is 18.6 Å². The minimum atomic E-state index is -1.28. The maximum Gasteiger partial charge on any atom is 0.183 e. The van der Waals surface area contributed by atoms with Gasteiger partial charge in [0.25, 0.3) is 0 Å². The van der Waals surface area contributed by atoms with Crippen LogP contribution in [0.4, 0.5) is 0 Å². The van der Waals surface area contributed by atoms with Gasteiger partial charge in [-0.3, -0.25) is 0 Å². The molecule has 1 atom stereocenters. The van der Waals surface area contributed by atoms with Crippen LogP contribution >= 0.6 is 0 Å². The normalized spacial score (nSPS) is 18.9. The zero-order chi connectivity index (χ0) is 8.41. The van der Waals surface area contributed by atoms with Crippen molar-refractivity contribution < 1.29 is 4.43 Å². The minimum Gasteiger partial charge on any atom is -0.416 e. The fraction of sp³-hybridized carbons (Fsp3) is 1.00. The lowest BCUT2D eigenvalue weighted by molar-refractivity contribution is 0.164. The molecule has 0 saturated carbocycles. The van der Waals surface area contributed by atoms with Gasteiger partial charge in [-0.1, -0.05) is 6.92 Å². The first-order valence-corrected chi connectivity index (χ1v) is 8.38. The Kier molecular flexibility index (Phi) is 3.32. The van der Waals surface area contributed by atoms with Crippen molar-refractivity contribution in [3.63, 3.8) is 0 Å². The van der Waals surface area contributed by atoms with Crippen LogP contribution in [0.3, 0.4) is 0 Å². The summed E-state index contributed by atoms with van der Waals surface area (Å²) in [6, 6.07) is 0. The van der Waals surface area contributed by atoms with Crippen LogP contribution < -0.4 is 0 Å². The molecule has 62 valence electrons. The molecule has 0 aliphatic carbocycles. The molecule has 0 bridgehead atoms. The molecule has 10 heavy (non-hydrogen) atoms. The lowest BCUT2D eigenvalue weighted by Gasteiger charge is -2.32. The van der Waals surface area contributed by atoms with Crippen molar-refractivity contribution in [1.29, 1.82) is 0 Å². The van der Waals surface area contributed by atoms with Gasteiger partial charge in [-0.2, -0.15) is 0 Å². The summed E-state index contributed by atoms with van der Waals surface area (Å²) in [6.45, 7) is 11.2. The predicted molar refractivity (Wildman–Crippen MR) is 53.1 cm³/mol. The number of hydrogen-bond acceptors (Lipinski definition) is 1. The number of hydrogen-bond donors (Lipinski definition) is 0. The van der Waals surface area contributed by atoms with Crippen LogP contribution in [0.5, 0.6) is 0 Å². The van der Waals surface area contributed by atoms with Gasteiger partial charge in [-0.25, -0.2) is 0 Å². The molecule has 0 spiro atoms. The second-order valence-electron chi connectivity index (χ2n) is 4.33. The highest BCUT2D eigenvalue weighted by molar-refractivity contribution is 6.70. The second kappa shape index (κ2) is 3.19. The maximum absolute atomic E-state index is 5.97. The summed E-state index contributed by atoms with van der Waals surface area (Å²) in [5.41, 5.74) is 0. The Balaban J connectivity index is 3.89. The Morgan fingerprint density at radius 3 is 1.90 bits per heavy atom. The SMILES string of the molecule is CC[C@](C)([SiH3])O[Si](C)(C)C. The monoisotopic (exact) mass is 176 g/mol. The zero-order valence-corrected chi connectivity index (χ0v) is 11.1. The Labute approximate surface area is 68.7 Å². The molecule has 0 saturated heterocycles. The summed E-state index contributed by atoms with van der Waals surface area (Å²) in [6.07, 6.45) is 1.16. The highest BCUT2D eigenvalue weighted by Gasteiger charge is 2.24. The van der Waals surface area contributed by atoms with Crippen molar-refractivity contribution in [2.75, 3.05) is 0 Å². The van der Waals surface area contributed by atoms with E-state index >= 15 is 0 Å². The highest BCUT2D eigenvalue weighted by Crippen LogP contribution is 2.16. The van der Waals surface area contributed by atoms with Gasteiger partial charge in [0, 0.05) is 15.5 Å². The number of rotatable bonds is 3. The first kappa shape index (κ1) is 10.4. The summed E-state index contributed by atoms with van der Waals surface area (Å²) in [7, 11) is -0.137. The lowest BCUT2D eigenvalue weighted by atomic mass is 10.3. The molecular formula is C7H20OSi2. The summed E-state index contributed by atoms with van der Waals surface area (Å²) in [4.78, 5) is 0. The van der Waals surface area contributed by atoms with Gasteiger partial charge in [0.1, 0.15) is 0 Å². The molecule has 0 fully saturated rings. The van der Waals surface area contributed by atoms with Gasteiger partial charge < -0.3 is 4.43 Å². The van der Waals surface area contributed by atoms with E-state index in [0.29, 0.717) is 0 Å². The van der Waals surface area contributed by atoms with Gasteiger partial charge in [-0.05, 0) is 33.0 Å². The molecule has 0 aliphatic rings. The molecule has 0 rings (SSSR count). The Bertz CT molecular complexity index is 105. The molecule has 0 aromatic carbocycles.